The summed E-state index contributed by atoms with van der Waals surface area (Å²) < 4.78 is 27.9. The summed E-state index contributed by atoms with van der Waals surface area (Å²) in [6.45, 7) is 8.93. The number of hydrogen-bond acceptors (Lipinski definition) is 6. The fourth-order valence-electron chi connectivity index (χ4n) is 5.23. The van der Waals surface area contributed by atoms with E-state index in [4.69, 9.17) is 0 Å². The fraction of sp³-hybridized carbons (Fsp3) is 0.667. The van der Waals surface area contributed by atoms with Gasteiger partial charge in [-0.15, -0.1) is 0 Å². The number of carbonyl (C=O) groups is 2. The number of carbonyl (C=O) groups excluding carboxylic acids is 2. The molecular weight excluding hydrogens is 454 g/mol. The Bertz CT molecular complexity index is 1000. The van der Waals surface area contributed by atoms with Crippen molar-refractivity contribution in [1.82, 2.24) is 14.5 Å². The van der Waals surface area contributed by atoms with Gasteiger partial charge < -0.3 is 15.1 Å². The third-order valence-corrected chi connectivity index (χ3v) is 9.14. The smallest absolute Gasteiger partial charge is 0.250 e. The van der Waals surface area contributed by atoms with Crippen molar-refractivity contribution in [3.8, 4) is 0 Å². The van der Waals surface area contributed by atoms with Crippen molar-refractivity contribution in [3.05, 3.63) is 18.2 Å². The Morgan fingerprint density at radius 2 is 1.76 bits per heavy atom. The number of nitrogens with zero attached hydrogens (tertiary/aromatic N) is 4. The molecule has 1 aromatic carbocycles. The van der Waals surface area contributed by atoms with Gasteiger partial charge in [-0.2, -0.15) is 4.31 Å². The highest BCUT2D eigenvalue weighted by molar-refractivity contribution is 7.89. The molecule has 0 aromatic heterocycles. The molecule has 9 nitrogen and oxygen atoms in total. The first-order valence-corrected chi connectivity index (χ1v) is 14.0. The van der Waals surface area contributed by atoms with Gasteiger partial charge in [-0.3, -0.25) is 14.5 Å². The summed E-state index contributed by atoms with van der Waals surface area (Å²) in [6, 6.07) is 4.75. The van der Waals surface area contributed by atoms with Gasteiger partial charge in [0.25, 0.3) is 0 Å². The van der Waals surface area contributed by atoms with Crippen LogP contribution in [-0.2, 0) is 19.6 Å². The third-order valence-electron chi connectivity index (χ3n) is 7.25. The lowest BCUT2D eigenvalue weighted by Crippen LogP contribution is -2.57. The van der Waals surface area contributed by atoms with Gasteiger partial charge in [-0.25, -0.2) is 8.42 Å². The lowest BCUT2D eigenvalue weighted by molar-refractivity contribution is -0.125. The normalized spacial score (nSPS) is 21.0. The third kappa shape index (κ3) is 4.94. The molecule has 2 amide bonds. The molecule has 4 rings (SSSR count). The maximum absolute atomic E-state index is 13.5. The highest BCUT2D eigenvalue weighted by Crippen LogP contribution is 2.41. The van der Waals surface area contributed by atoms with Crippen LogP contribution in [0.1, 0.15) is 46.0 Å². The molecule has 3 heterocycles. The first-order valence-electron chi connectivity index (χ1n) is 12.6. The summed E-state index contributed by atoms with van der Waals surface area (Å²) in [6.07, 6.45) is 4.42. The average Bonchev–Trinajstić information content (AvgIpc) is 3.40. The van der Waals surface area contributed by atoms with Crippen LogP contribution in [0.5, 0.6) is 0 Å². The topological polar surface area (TPSA) is 93.3 Å². The second kappa shape index (κ2) is 10.6. The Hall–Kier alpha value is -2.17. The second-order valence-corrected chi connectivity index (χ2v) is 11.2. The zero-order valence-corrected chi connectivity index (χ0v) is 21.1. The molecule has 1 atom stereocenters. The van der Waals surface area contributed by atoms with E-state index in [0.29, 0.717) is 25.3 Å². The molecular formula is C24H37N5O4S. The van der Waals surface area contributed by atoms with E-state index >= 15 is 0 Å². The zero-order chi connectivity index (χ0) is 24.3. The molecule has 0 unspecified atom stereocenters. The molecule has 3 aliphatic heterocycles. The molecule has 0 spiro atoms. The Balaban J connectivity index is 1.60. The number of amides is 2. The summed E-state index contributed by atoms with van der Waals surface area (Å²) in [4.78, 5) is 32.3. The van der Waals surface area contributed by atoms with Crippen molar-refractivity contribution >= 4 is 33.2 Å². The monoisotopic (exact) mass is 491 g/mol. The van der Waals surface area contributed by atoms with Gasteiger partial charge in [0, 0.05) is 32.7 Å². The van der Waals surface area contributed by atoms with Crippen molar-refractivity contribution in [2.75, 3.05) is 62.2 Å². The molecule has 188 valence electrons. The van der Waals surface area contributed by atoms with E-state index in [1.807, 2.05) is 6.07 Å². The molecule has 10 heteroatoms. The molecule has 0 radical (unpaired) electrons. The van der Waals surface area contributed by atoms with E-state index in [2.05, 4.69) is 29.0 Å². The van der Waals surface area contributed by atoms with E-state index in [9.17, 15) is 18.0 Å². The Morgan fingerprint density at radius 3 is 2.47 bits per heavy atom. The quantitative estimate of drug-likeness (QED) is 0.565. The minimum absolute atomic E-state index is 0.109. The molecule has 0 aliphatic carbocycles. The number of anilines is 2. The first kappa shape index (κ1) is 24.9. The van der Waals surface area contributed by atoms with Gasteiger partial charge >= 0.3 is 0 Å². The summed E-state index contributed by atoms with van der Waals surface area (Å²) in [5, 5.41) is 2.93. The van der Waals surface area contributed by atoms with Gasteiger partial charge in [0.2, 0.25) is 21.8 Å². The van der Waals surface area contributed by atoms with Gasteiger partial charge in [-0.1, -0.05) is 13.8 Å². The van der Waals surface area contributed by atoms with Crippen LogP contribution in [0.25, 0.3) is 0 Å². The van der Waals surface area contributed by atoms with E-state index in [1.165, 1.54) is 9.21 Å². The van der Waals surface area contributed by atoms with Crippen molar-refractivity contribution in [2.24, 2.45) is 0 Å². The summed E-state index contributed by atoms with van der Waals surface area (Å²) in [7, 11) is -3.63. The minimum Gasteiger partial charge on any atom is -0.358 e. The maximum atomic E-state index is 13.5. The van der Waals surface area contributed by atoms with E-state index < -0.39 is 10.0 Å². The summed E-state index contributed by atoms with van der Waals surface area (Å²) in [5.41, 5.74) is 1.35. The van der Waals surface area contributed by atoms with Crippen LogP contribution in [0.3, 0.4) is 0 Å². The van der Waals surface area contributed by atoms with Gasteiger partial charge in [0.05, 0.1) is 16.3 Å². The number of sulfonamides is 1. The predicted molar refractivity (Wildman–Crippen MR) is 133 cm³/mol. The van der Waals surface area contributed by atoms with E-state index in [-0.39, 0.29) is 29.3 Å². The van der Waals surface area contributed by atoms with Crippen molar-refractivity contribution in [1.29, 1.82) is 0 Å². The number of likely N-dealkylation sites (N-methyl/N-ethyl adjacent to an activating group) is 1. The number of benzene rings is 1. The standard InChI is InChI=1S/C24H37N5O4S/c1-3-26(4-2)16-12-25-23(30)18-29-22-17-19(34(32,33)27-13-7-8-14-27)10-11-20(22)28-15-6-5-9-21(28)24(29)31/h10-11,17,21H,3-9,12-16,18H2,1-2H3,(H,25,30)/t21-/m1/s1. The summed E-state index contributed by atoms with van der Waals surface area (Å²) >= 11 is 0. The molecule has 2 saturated heterocycles. The second-order valence-electron chi connectivity index (χ2n) is 9.27. The highest BCUT2D eigenvalue weighted by atomic mass is 32.2. The number of fused-ring (bicyclic) bond motifs is 3. The highest BCUT2D eigenvalue weighted by Gasteiger charge is 2.41. The van der Waals surface area contributed by atoms with Crippen LogP contribution in [0.2, 0.25) is 0 Å². The largest absolute Gasteiger partial charge is 0.358 e. The number of hydrogen-bond donors (Lipinski definition) is 1. The lowest BCUT2D eigenvalue weighted by Gasteiger charge is -2.45. The Kier molecular flexibility index (Phi) is 7.79. The van der Waals surface area contributed by atoms with Gasteiger partial charge in [0.15, 0.2) is 0 Å². The van der Waals surface area contributed by atoms with Gasteiger partial charge in [-0.05, 0) is 63.4 Å². The maximum Gasteiger partial charge on any atom is 0.250 e. The van der Waals surface area contributed by atoms with Crippen molar-refractivity contribution in [3.63, 3.8) is 0 Å². The van der Waals surface area contributed by atoms with Gasteiger partial charge in [0.1, 0.15) is 12.6 Å². The molecule has 0 saturated carbocycles. The van der Waals surface area contributed by atoms with Crippen LogP contribution in [-0.4, -0.2) is 87.8 Å². The predicted octanol–water partition coefficient (Wildman–Crippen LogP) is 1.63. The number of nitrogens with one attached hydrogen (secondary N) is 1. The lowest BCUT2D eigenvalue weighted by atomic mass is 9.96. The van der Waals surface area contributed by atoms with Crippen LogP contribution < -0.4 is 15.1 Å². The fourth-order valence-corrected chi connectivity index (χ4v) is 6.77. The van der Waals surface area contributed by atoms with E-state index in [0.717, 1.165) is 64.0 Å². The molecule has 0 bridgehead atoms. The number of piperidine rings is 1. The molecule has 1 aromatic rings. The van der Waals surface area contributed by atoms with Crippen molar-refractivity contribution < 1.29 is 18.0 Å². The van der Waals surface area contributed by atoms with Crippen LogP contribution in [0.4, 0.5) is 11.4 Å². The zero-order valence-electron chi connectivity index (χ0n) is 20.3. The van der Waals surface area contributed by atoms with E-state index in [1.54, 1.807) is 12.1 Å². The summed E-state index contributed by atoms with van der Waals surface area (Å²) in [5.74, 6) is -0.356. The Labute approximate surface area is 203 Å². The molecule has 3 aliphatic rings. The first-order chi connectivity index (χ1) is 16.4. The minimum atomic E-state index is -3.63. The SMILES string of the molecule is CCN(CC)CCNC(=O)CN1C(=O)[C@H]2CCCCN2c2ccc(S(=O)(=O)N3CCCC3)cc21. The average molecular weight is 492 g/mol. The number of rotatable bonds is 9. The van der Waals surface area contributed by atoms with Crippen molar-refractivity contribution in [2.45, 2.75) is 56.9 Å². The Morgan fingerprint density at radius 1 is 1.06 bits per heavy atom. The molecule has 1 N–H and O–H groups in total. The molecule has 34 heavy (non-hydrogen) atoms. The van der Waals surface area contributed by atoms with Crippen LogP contribution in [0, 0.1) is 0 Å². The van der Waals surface area contributed by atoms with Crippen LogP contribution in [0.15, 0.2) is 23.1 Å². The van der Waals surface area contributed by atoms with Crippen LogP contribution >= 0.6 is 0 Å². The molecule has 2 fully saturated rings.